The van der Waals surface area contributed by atoms with E-state index in [4.69, 9.17) is 4.74 Å². The van der Waals surface area contributed by atoms with E-state index in [-0.39, 0.29) is 11.7 Å². The maximum absolute atomic E-state index is 13.4. The van der Waals surface area contributed by atoms with Gasteiger partial charge in [-0.25, -0.2) is 9.07 Å². The van der Waals surface area contributed by atoms with Crippen LogP contribution >= 0.6 is 11.5 Å². The van der Waals surface area contributed by atoms with Crippen LogP contribution in [0.4, 0.5) is 9.52 Å². The van der Waals surface area contributed by atoms with E-state index in [0.29, 0.717) is 33.7 Å². The van der Waals surface area contributed by atoms with E-state index in [0.717, 1.165) is 22.8 Å². The molecule has 1 amide bonds. The van der Waals surface area contributed by atoms with Crippen LogP contribution in [0.2, 0.25) is 0 Å². The number of nitrogens with one attached hydrogen (secondary N) is 1. The largest absolute Gasteiger partial charge is 0.497 e. The summed E-state index contributed by atoms with van der Waals surface area (Å²) in [5.74, 6) is 0.406. The van der Waals surface area contributed by atoms with E-state index >= 15 is 0 Å². The Morgan fingerprint density at radius 3 is 2.63 bits per heavy atom. The first-order valence-corrected chi connectivity index (χ1v) is 9.72. The monoisotopic (exact) mass is 424 g/mol. The molecule has 0 atom stereocenters. The number of aromatic nitrogens is 5. The van der Waals surface area contributed by atoms with Crippen LogP contribution in [0.1, 0.15) is 21.6 Å². The zero-order valence-electron chi connectivity index (χ0n) is 16.4. The molecule has 0 saturated heterocycles. The molecular formula is C20H17FN6O2S. The predicted octanol–water partition coefficient (Wildman–Crippen LogP) is 3.80. The minimum atomic E-state index is -0.312. The first-order valence-electron chi connectivity index (χ1n) is 8.94. The molecular weight excluding hydrogens is 407 g/mol. The van der Waals surface area contributed by atoms with E-state index in [1.54, 1.807) is 49.0 Å². The number of aryl methyl sites for hydroxylation is 1. The van der Waals surface area contributed by atoms with Crippen molar-refractivity contribution in [3.05, 3.63) is 65.1 Å². The normalized spacial score (nSPS) is 10.8. The maximum atomic E-state index is 13.4. The molecule has 1 N–H and O–H groups in total. The number of hydrogen-bond acceptors (Lipinski definition) is 7. The summed E-state index contributed by atoms with van der Waals surface area (Å²) < 4.78 is 24.4. The zero-order chi connectivity index (χ0) is 21.3. The highest BCUT2D eigenvalue weighted by Gasteiger charge is 2.18. The van der Waals surface area contributed by atoms with Crippen LogP contribution in [0.3, 0.4) is 0 Å². The van der Waals surface area contributed by atoms with Crippen LogP contribution in [-0.2, 0) is 0 Å². The van der Waals surface area contributed by atoms with Gasteiger partial charge in [0.25, 0.3) is 5.91 Å². The van der Waals surface area contributed by atoms with Crippen LogP contribution in [0.25, 0.3) is 17.2 Å². The summed E-state index contributed by atoms with van der Waals surface area (Å²) in [6.45, 7) is 3.63. The SMILES string of the molecule is COc1ccc(C(=O)Nc2nc(-c3nnn(-c4ccc(F)cc4C)c3C)ns2)cc1. The first kappa shape index (κ1) is 19.6. The van der Waals surface area contributed by atoms with E-state index < -0.39 is 0 Å². The Labute approximate surface area is 175 Å². The smallest absolute Gasteiger partial charge is 0.257 e. The molecule has 0 aliphatic rings. The van der Waals surface area contributed by atoms with Crippen molar-refractivity contribution in [1.82, 2.24) is 24.4 Å². The molecule has 0 spiro atoms. The maximum Gasteiger partial charge on any atom is 0.257 e. The molecule has 2 aromatic heterocycles. The second kappa shape index (κ2) is 7.99. The highest BCUT2D eigenvalue weighted by atomic mass is 32.1. The van der Waals surface area contributed by atoms with Crippen molar-refractivity contribution in [1.29, 1.82) is 0 Å². The minimum absolute atomic E-state index is 0.303. The second-order valence-electron chi connectivity index (χ2n) is 6.47. The van der Waals surface area contributed by atoms with Gasteiger partial charge in [0.15, 0.2) is 11.5 Å². The number of nitrogens with zero attached hydrogens (tertiary/aromatic N) is 5. The average molecular weight is 424 g/mol. The van der Waals surface area contributed by atoms with Crippen LogP contribution < -0.4 is 10.1 Å². The lowest BCUT2D eigenvalue weighted by Gasteiger charge is -2.07. The van der Waals surface area contributed by atoms with Crippen molar-refractivity contribution in [2.45, 2.75) is 13.8 Å². The van der Waals surface area contributed by atoms with Crippen molar-refractivity contribution >= 4 is 22.6 Å². The molecule has 0 radical (unpaired) electrons. The van der Waals surface area contributed by atoms with E-state index in [9.17, 15) is 9.18 Å². The summed E-state index contributed by atoms with van der Waals surface area (Å²) >= 11 is 1.05. The number of carbonyl (C=O) groups is 1. The number of amides is 1. The van der Waals surface area contributed by atoms with Crippen molar-refractivity contribution in [3.63, 3.8) is 0 Å². The van der Waals surface area contributed by atoms with Gasteiger partial charge in [0.05, 0.1) is 18.5 Å². The van der Waals surface area contributed by atoms with E-state index in [1.165, 1.54) is 12.1 Å². The molecule has 30 heavy (non-hydrogen) atoms. The molecule has 0 saturated carbocycles. The quantitative estimate of drug-likeness (QED) is 0.524. The first-order chi connectivity index (χ1) is 14.5. The van der Waals surface area contributed by atoms with Gasteiger partial charge in [-0.15, -0.1) is 5.10 Å². The van der Waals surface area contributed by atoms with Crippen LogP contribution in [0.5, 0.6) is 5.75 Å². The highest BCUT2D eigenvalue weighted by Crippen LogP contribution is 2.25. The Hall–Kier alpha value is -3.66. The summed E-state index contributed by atoms with van der Waals surface area (Å²) in [7, 11) is 1.56. The van der Waals surface area contributed by atoms with Crippen molar-refractivity contribution in [3.8, 4) is 23.0 Å². The van der Waals surface area contributed by atoms with Gasteiger partial charge >= 0.3 is 0 Å². The molecule has 0 aliphatic carbocycles. The number of benzene rings is 2. The minimum Gasteiger partial charge on any atom is -0.497 e. The third-order valence-corrected chi connectivity index (χ3v) is 5.12. The Kier molecular flexibility index (Phi) is 5.23. The Bertz CT molecular complexity index is 1220. The summed E-state index contributed by atoms with van der Waals surface area (Å²) in [6, 6.07) is 11.2. The molecule has 0 fully saturated rings. The van der Waals surface area contributed by atoms with Gasteiger partial charge in [-0.3, -0.25) is 10.1 Å². The summed E-state index contributed by atoms with van der Waals surface area (Å²) in [6.07, 6.45) is 0. The lowest BCUT2D eigenvalue weighted by Crippen LogP contribution is -2.11. The Balaban J connectivity index is 1.55. The molecule has 2 aromatic carbocycles. The number of carbonyl (C=O) groups excluding carboxylic acids is 1. The molecule has 152 valence electrons. The van der Waals surface area contributed by atoms with Gasteiger partial charge < -0.3 is 4.74 Å². The lowest BCUT2D eigenvalue weighted by molar-refractivity contribution is 0.102. The van der Waals surface area contributed by atoms with Crippen molar-refractivity contribution in [2.75, 3.05) is 12.4 Å². The predicted molar refractivity (Wildman–Crippen MR) is 111 cm³/mol. The molecule has 2 heterocycles. The van der Waals surface area contributed by atoms with Crippen molar-refractivity contribution < 1.29 is 13.9 Å². The number of ether oxygens (including phenoxy) is 1. The highest BCUT2D eigenvalue weighted by molar-refractivity contribution is 7.10. The van der Waals surface area contributed by atoms with Crippen molar-refractivity contribution in [2.24, 2.45) is 0 Å². The number of hydrogen-bond donors (Lipinski definition) is 1. The molecule has 0 bridgehead atoms. The zero-order valence-corrected chi connectivity index (χ0v) is 17.2. The molecule has 10 heteroatoms. The fraction of sp³-hybridized carbons (Fsp3) is 0.150. The molecule has 8 nitrogen and oxygen atoms in total. The lowest BCUT2D eigenvalue weighted by atomic mass is 10.2. The van der Waals surface area contributed by atoms with Gasteiger partial charge in [-0.1, -0.05) is 5.21 Å². The number of rotatable bonds is 5. The van der Waals surface area contributed by atoms with E-state index in [1.807, 2.05) is 6.92 Å². The molecule has 0 aliphatic heterocycles. The fourth-order valence-corrected chi connectivity index (χ4v) is 3.47. The molecule has 4 aromatic rings. The van der Waals surface area contributed by atoms with Gasteiger partial charge in [0.2, 0.25) is 5.13 Å². The standard InChI is InChI=1S/C20H17FN6O2S/c1-11-10-14(21)6-9-16(11)27-12(2)17(24-26-27)18-22-20(30-25-18)23-19(28)13-4-7-15(29-3)8-5-13/h4-10H,1-3H3,(H,22,23,25,28). The van der Waals surface area contributed by atoms with Gasteiger partial charge in [-0.05, 0) is 61.9 Å². The van der Waals surface area contributed by atoms with Crippen LogP contribution in [-0.4, -0.2) is 37.4 Å². The Morgan fingerprint density at radius 2 is 1.93 bits per heavy atom. The summed E-state index contributed by atoms with van der Waals surface area (Å²) in [4.78, 5) is 16.8. The third-order valence-electron chi connectivity index (χ3n) is 4.49. The summed E-state index contributed by atoms with van der Waals surface area (Å²) in [5.41, 5.74) is 3.11. The van der Waals surface area contributed by atoms with Gasteiger partial charge in [0.1, 0.15) is 11.6 Å². The topological polar surface area (TPSA) is 94.8 Å². The van der Waals surface area contributed by atoms with Crippen LogP contribution in [0, 0.1) is 19.7 Å². The third kappa shape index (κ3) is 3.77. The number of methoxy groups -OCH3 is 1. The second-order valence-corrected chi connectivity index (χ2v) is 7.22. The summed E-state index contributed by atoms with van der Waals surface area (Å²) in [5, 5.41) is 11.4. The van der Waals surface area contributed by atoms with E-state index in [2.05, 4.69) is 25.0 Å². The fourth-order valence-electron chi connectivity index (χ4n) is 2.90. The molecule has 0 unspecified atom stereocenters. The van der Waals surface area contributed by atoms with Gasteiger partial charge in [0, 0.05) is 17.1 Å². The Morgan fingerprint density at radius 1 is 1.17 bits per heavy atom. The number of anilines is 1. The van der Waals surface area contributed by atoms with Crippen LogP contribution in [0.15, 0.2) is 42.5 Å². The van der Waals surface area contributed by atoms with Gasteiger partial charge in [-0.2, -0.15) is 9.36 Å². The number of halogens is 1. The average Bonchev–Trinajstić information content (AvgIpc) is 3.34. The molecule has 4 rings (SSSR count).